The van der Waals surface area contributed by atoms with Crippen LogP contribution in [-0.4, -0.2) is 43.1 Å². The van der Waals surface area contributed by atoms with Gasteiger partial charge in [0.05, 0.1) is 18.3 Å². The quantitative estimate of drug-likeness (QED) is 0.724. The van der Waals surface area contributed by atoms with E-state index in [0.29, 0.717) is 55.5 Å². The summed E-state index contributed by atoms with van der Waals surface area (Å²) in [7, 11) is 0. The molecule has 2 aromatic rings. The number of ether oxygens (including phenoxy) is 1. The highest BCUT2D eigenvalue weighted by atomic mass is 35.5. The SMILES string of the molecule is O=C(NC1CCCc2ccccc21)C1CCN(C(=O)N2CCOc3ccc(Cl)cc32)CC1. The number of rotatable bonds is 2. The van der Waals surface area contributed by atoms with Gasteiger partial charge in [-0.2, -0.15) is 0 Å². The predicted octanol–water partition coefficient (Wildman–Crippen LogP) is 4.56. The molecule has 1 unspecified atom stereocenters. The van der Waals surface area contributed by atoms with Crippen LogP contribution >= 0.6 is 11.6 Å². The van der Waals surface area contributed by atoms with E-state index >= 15 is 0 Å². The van der Waals surface area contributed by atoms with Crippen LogP contribution in [-0.2, 0) is 11.2 Å². The summed E-state index contributed by atoms with van der Waals surface area (Å²) in [5.74, 6) is 0.734. The van der Waals surface area contributed by atoms with Crippen LogP contribution in [0.3, 0.4) is 0 Å². The number of hydrogen-bond acceptors (Lipinski definition) is 3. The molecule has 0 aromatic heterocycles. The molecule has 168 valence electrons. The van der Waals surface area contributed by atoms with Crippen molar-refractivity contribution in [1.82, 2.24) is 10.2 Å². The topological polar surface area (TPSA) is 61.9 Å². The van der Waals surface area contributed by atoms with E-state index in [2.05, 4.69) is 23.5 Å². The first kappa shape index (κ1) is 21.1. The molecule has 1 fully saturated rings. The number of piperidine rings is 1. The van der Waals surface area contributed by atoms with Crippen LogP contribution in [0.15, 0.2) is 42.5 Å². The summed E-state index contributed by atoms with van der Waals surface area (Å²) in [5, 5.41) is 3.86. The van der Waals surface area contributed by atoms with Crippen molar-refractivity contribution in [3.63, 3.8) is 0 Å². The van der Waals surface area contributed by atoms with Crippen molar-refractivity contribution in [2.24, 2.45) is 5.92 Å². The Morgan fingerprint density at radius 1 is 1.03 bits per heavy atom. The number of hydrogen-bond donors (Lipinski definition) is 1. The first-order valence-corrected chi connectivity index (χ1v) is 11.8. The van der Waals surface area contributed by atoms with Gasteiger partial charge in [-0.3, -0.25) is 9.69 Å². The molecule has 1 saturated heterocycles. The van der Waals surface area contributed by atoms with E-state index in [1.165, 1.54) is 11.1 Å². The molecular formula is C25H28ClN3O3. The maximum Gasteiger partial charge on any atom is 0.324 e. The zero-order valence-electron chi connectivity index (χ0n) is 18.1. The second kappa shape index (κ2) is 9.02. The molecule has 32 heavy (non-hydrogen) atoms. The van der Waals surface area contributed by atoms with Crippen LogP contribution in [0.2, 0.25) is 5.02 Å². The van der Waals surface area contributed by atoms with Gasteiger partial charge in [0.1, 0.15) is 12.4 Å². The minimum absolute atomic E-state index is 0.0446. The predicted molar refractivity (Wildman–Crippen MR) is 124 cm³/mol. The van der Waals surface area contributed by atoms with Gasteiger partial charge in [0.15, 0.2) is 0 Å². The molecule has 6 nitrogen and oxygen atoms in total. The molecule has 3 aliphatic rings. The maximum absolute atomic E-state index is 13.2. The van der Waals surface area contributed by atoms with E-state index in [4.69, 9.17) is 16.3 Å². The number of nitrogens with one attached hydrogen (secondary N) is 1. The third-order valence-corrected chi connectivity index (χ3v) is 7.07. The van der Waals surface area contributed by atoms with Crippen LogP contribution in [0.4, 0.5) is 10.5 Å². The zero-order chi connectivity index (χ0) is 22.1. The highest BCUT2D eigenvalue weighted by molar-refractivity contribution is 6.31. The molecule has 1 N–H and O–H groups in total. The molecule has 1 atom stereocenters. The third-order valence-electron chi connectivity index (χ3n) is 6.84. The average molecular weight is 454 g/mol. The van der Waals surface area contributed by atoms with Gasteiger partial charge < -0.3 is 15.0 Å². The molecule has 0 bridgehead atoms. The second-order valence-electron chi connectivity index (χ2n) is 8.81. The molecule has 2 aliphatic heterocycles. The number of carbonyl (C=O) groups is 2. The van der Waals surface area contributed by atoms with E-state index in [1.54, 1.807) is 23.1 Å². The Labute approximate surface area is 193 Å². The number of fused-ring (bicyclic) bond motifs is 2. The van der Waals surface area contributed by atoms with E-state index < -0.39 is 0 Å². The molecule has 0 radical (unpaired) electrons. The Balaban J connectivity index is 1.20. The Bertz CT molecular complexity index is 1020. The lowest BCUT2D eigenvalue weighted by Crippen LogP contribution is -2.50. The first-order chi connectivity index (χ1) is 15.6. The fourth-order valence-corrected chi connectivity index (χ4v) is 5.25. The van der Waals surface area contributed by atoms with E-state index in [1.807, 2.05) is 11.0 Å². The van der Waals surface area contributed by atoms with Crippen molar-refractivity contribution >= 4 is 29.2 Å². The normalized spacial score (nSPS) is 20.7. The van der Waals surface area contributed by atoms with Gasteiger partial charge in [0, 0.05) is 24.0 Å². The van der Waals surface area contributed by atoms with Gasteiger partial charge in [0.25, 0.3) is 0 Å². The van der Waals surface area contributed by atoms with Crippen LogP contribution in [0.5, 0.6) is 5.75 Å². The van der Waals surface area contributed by atoms with Crippen LogP contribution in [0, 0.1) is 5.92 Å². The summed E-state index contributed by atoms with van der Waals surface area (Å²) >= 11 is 6.15. The third kappa shape index (κ3) is 4.16. The number of halogens is 1. The molecule has 1 aliphatic carbocycles. The molecule has 2 aromatic carbocycles. The average Bonchev–Trinajstić information content (AvgIpc) is 2.83. The number of urea groups is 1. The van der Waals surface area contributed by atoms with Crippen LogP contribution in [0.1, 0.15) is 42.9 Å². The van der Waals surface area contributed by atoms with Crippen LogP contribution < -0.4 is 15.0 Å². The number of amides is 3. The summed E-state index contributed by atoms with van der Waals surface area (Å²) in [4.78, 5) is 29.8. The largest absolute Gasteiger partial charge is 0.490 e. The summed E-state index contributed by atoms with van der Waals surface area (Å²) in [5.41, 5.74) is 3.31. The van der Waals surface area contributed by atoms with Crippen molar-refractivity contribution in [2.45, 2.75) is 38.1 Å². The van der Waals surface area contributed by atoms with Crippen molar-refractivity contribution in [2.75, 3.05) is 31.1 Å². The number of benzene rings is 2. The number of aryl methyl sites for hydroxylation is 1. The molecular weight excluding hydrogens is 426 g/mol. The zero-order valence-corrected chi connectivity index (χ0v) is 18.8. The second-order valence-corrected chi connectivity index (χ2v) is 9.24. The highest BCUT2D eigenvalue weighted by Crippen LogP contribution is 2.35. The first-order valence-electron chi connectivity index (χ1n) is 11.5. The number of anilines is 1. The minimum Gasteiger partial charge on any atom is -0.490 e. The molecule has 2 heterocycles. The smallest absolute Gasteiger partial charge is 0.324 e. The number of nitrogens with zero attached hydrogens (tertiary/aromatic N) is 2. The van der Waals surface area contributed by atoms with Gasteiger partial charge >= 0.3 is 6.03 Å². The maximum atomic E-state index is 13.2. The standard InChI is InChI=1S/C25H28ClN3O3/c26-19-8-9-23-22(16-19)29(14-15-32-23)25(31)28-12-10-18(11-13-28)24(30)27-21-7-3-5-17-4-1-2-6-20(17)21/h1-2,4,6,8-9,16,18,21H,3,5,7,10-15H2,(H,27,30). The molecule has 5 rings (SSSR count). The van der Waals surface area contributed by atoms with E-state index in [0.717, 1.165) is 19.3 Å². The fraction of sp³-hybridized carbons (Fsp3) is 0.440. The lowest BCUT2D eigenvalue weighted by molar-refractivity contribution is -0.127. The van der Waals surface area contributed by atoms with Gasteiger partial charge in [0.2, 0.25) is 5.91 Å². The monoisotopic (exact) mass is 453 g/mol. The van der Waals surface area contributed by atoms with E-state index in [-0.39, 0.29) is 23.9 Å². The summed E-state index contributed by atoms with van der Waals surface area (Å²) in [6, 6.07) is 13.8. The Kier molecular flexibility index (Phi) is 5.96. The lowest BCUT2D eigenvalue weighted by Gasteiger charge is -2.37. The Hall–Kier alpha value is -2.73. The number of carbonyl (C=O) groups excluding carboxylic acids is 2. The lowest BCUT2D eigenvalue weighted by atomic mass is 9.87. The Morgan fingerprint density at radius 3 is 2.69 bits per heavy atom. The van der Waals surface area contributed by atoms with Gasteiger partial charge in [-0.15, -0.1) is 0 Å². The summed E-state index contributed by atoms with van der Waals surface area (Å²) in [6.07, 6.45) is 4.52. The van der Waals surface area contributed by atoms with Crippen LogP contribution in [0.25, 0.3) is 0 Å². The number of likely N-dealkylation sites (tertiary alicyclic amines) is 1. The van der Waals surface area contributed by atoms with Crippen molar-refractivity contribution in [3.05, 3.63) is 58.6 Å². The minimum atomic E-state index is -0.0560. The fourth-order valence-electron chi connectivity index (χ4n) is 5.09. The highest BCUT2D eigenvalue weighted by Gasteiger charge is 2.33. The Morgan fingerprint density at radius 2 is 1.84 bits per heavy atom. The summed E-state index contributed by atoms with van der Waals surface area (Å²) in [6.45, 7) is 2.10. The van der Waals surface area contributed by atoms with Crippen molar-refractivity contribution in [3.8, 4) is 5.75 Å². The van der Waals surface area contributed by atoms with Gasteiger partial charge in [-0.25, -0.2) is 4.79 Å². The molecule has 3 amide bonds. The van der Waals surface area contributed by atoms with E-state index in [9.17, 15) is 9.59 Å². The summed E-state index contributed by atoms with van der Waals surface area (Å²) < 4.78 is 5.67. The molecule has 0 spiro atoms. The van der Waals surface area contributed by atoms with Crippen molar-refractivity contribution in [1.29, 1.82) is 0 Å². The molecule has 0 saturated carbocycles. The van der Waals surface area contributed by atoms with Crippen molar-refractivity contribution < 1.29 is 14.3 Å². The molecule has 7 heteroatoms. The van der Waals surface area contributed by atoms with Gasteiger partial charge in [-0.05, 0) is 61.4 Å². The van der Waals surface area contributed by atoms with Gasteiger partial charge in [-0.1, -0.05) is 35.9 Å².